The van der Waals surface area contributed by atoms with Crippen LogP contribution in [0.1, 0.15) is 28.9 Å². The van der Waals surface area contributed by atoms with Gasteiger partial charge in [-0.25, -0.2) is 0 Å². The fourth-order valence-electron chi connectivity index (χ4n) is 4.03. The summed E-state index contributed by atoms with van der Waals surface area (Å²) in [5, 5.41) is 0. The summed E-state index contributed by atoms with van der Waals surface area (Å²) in [7, 11) is 2.14. The molecule has 1 atom stereocenters. The zero-order valence-corrected chi connectivity index (χ0v) is 17.4. The van der Waals surface area contributed by atoms with Gasteiger partial charge in [-0.2, -0.15) is 0 Å². The molecule has 2 aliphatic rings. The van der Waals surface area contributed by atoms with Crippen LogP contribution in [0.15, 0.2) is 35.2 Å². The van der Waals surface area contributed by atoms with Gasteiger partial charge in [0.05, 0.1) is 19.4 Å². The second-order valence-corrected chi connectivity index (χ2v) is 7.40. The predicted molar refractivity (Wildman–Crippen MR) is 111 cm³/mol. The lowest BCUT2D eigenvalue weighted by atomic mass is 9.96. The van der Waals surface area contributed by atoms with Crippen molar-refractivity contribution in [3.63, 3.8) is 0 Å². The van der Waals surface area contributed by atoms with E-state index in [4.69, 9.17) is 9.15 Å². The van der Waals surface area contributed by atoms with Crippen LogP contribution in [0, 0.1) is 5.92 Å². The number of rotatable bonds is 6. The lowest BCUT2D eigenvalue weighted by Gasteiger charge is -2.31. The number of ether oxygens (including phenoxy) is 1. The third kappa shape index (κ3) is 5.69. The molecule has 27 heavy (non-hydrogen) atoms. The van der Waals surface area contributed by atoms with Crippen LogP contribution in [0.2, 0.25) is 0 Å². The number of furan rings is 1. The molecule has 0 N–H and O–H groups in total. The Labute approximate surface area is 173 Å². The number of fused-ring (bicyclic) bond motifs is 1. The van der Waals surface area contributed by atoms with Crippen molar-refractivity contribution in [2.45, 2.75) is 32.5 Å². The summed E-state index contributed by atoms with van der Waals surface area (Å²) < 4.78 is 11.0. The van der Waals surface area contributed by atoms with Crippen molar-refractivity contribution in [2.24, 2.45) is 5.92 Å². The Kier molecular flexibility index (Phi) is 8.58. The molecule has 0 spiro atoms. The summed E-state index contributed by atoms with van der Waals surface area (Å²) in [4.78, 5) is 9.37. The topological polar surface area (TPSA) is 41.7 Å². The SMILES string of the molecule is CN(Cc1ccco1)Cc1cncc2c1CCN(CC1CCOC1)C2.Cl.Cl. The first-order valence-corrected chi connectivity index (χ1v) is 9.23. The number of hydrogen-bond acceptors (Lipinski definition) is 5. The van der Waals surface area contributed by atoms with Gasteiger partial charge in [-0.3, -0.25) is 14.8 Å². The number of pyridine rings is 1. The van der Waals surface area contributed by atoms with E-state index in [9.17, 15) is 0 Å². The van der Waals surface area contributed by atoms with E-state index >= 15 is 0 Å². The van der Waals surface area contributed by atoms with Crippen LogP contribution in [-0.2, 0) is 30.8 Å². The van der Waals surface area contributed by atoms with E-state index in [1.807, 2.05) is 18.3 Å². The van der Waals surface area contributed by atoms with Gasteiger partial charge in [0.25, 0.3) is 0 Å². The van der Waals surface area contributed by atoms with Crippen LogP contribution < -0.4 is 0 Å². The maximum atomic E-state index is 5.52. The average Bonchev–Trinajstić information content (AvgIpc) is 3.29. The van der Waals surface area contributed by atoms with Gasteiger partial charge in [0.1, 0.15) is 5.76 Å². The Morgan fingerprint density at radius 1 is 1.26 bits per heavy atom. The molecule has 5 nitrogen and oxygen atoms in total. The van der Waals surface area contributed by atoms with Crippen molar-refractivity contribution in [1.29, 1.82) is 0 Å². The molecule has 7 heteroatoms. The Bertz CT molecular complexity index is 691. The Morgan fingerprint density at radius 3 is 2.89 bits per heavy atom. The molecule has 0 aliphatic carbocycles. The summed E-state index contributed by atoms with van der Waals surface area (Å²) >= 11 is 0. The van der Waals surface area contributed by atoms with E-state index in [0.29, 0.717) is 5.92 Å². The fraction of sp³-hybridized carbons (Fsp3) is 0.550. The molecule has 150 valence electrons. The van der Waals surface area contributed by atoms with Gasteiger partial charge in [-0.1, -0.05) is 0 Å². The van der Waals surface area contributed by atoms with Gasteiger partial charge in [-0.05, 0) is 54.6 Å². The molecule has 4 heterocycles. The van der Waals surface area contributed by atoms with Gasteiger partial charge >= 0.3 is 0 Å². The zero-order valence-electron chi connectivity index (χ0n) is 15.8. The minimum absolute atomic E-state index is 0. The van der Waals surface area contributed by atoms with Crippen molar-refractivity contribution in [3.8, 4) is 0 Å². The molecule has 1 saturated heterocycles. The van der Waals surface area contributed by atoms with Gasteiger partial charge in [0.2, 0.25) is 0 Å². The summed E-state index contributed by atoms with van der Waals surface area (Å²) in [6, 6.07) is 3.97. The maximum absolute atomic E-state index is 5.52. The largest absolute Gasteiger partial charge is 0.468 e. The summed E-state index contributed by atoms with van der Waals surface area (Å²) in [6.07, 6.45) is 8.16. The van der Waals surface area contributed by atoms with Crippen LogP contribution in [-0.4, -0.2) is 48.1 Å². The maximum Gasteiger partial charge on any atom is 0.117 e. The highest BCUT2D eigenvalue weighted by Crippen LogP contribution is 2.25. The molecule has 1 unspecified atom stereocenters. The van der Waals surface area contributed by atoms with Gasteiger partial charge in [0.15, 0.2) is 0 Å². The van der Waals surface area contributed by atoms with Crippen LogP contribution in [0.4, 0.5) is 0 Å². The first-order chi connectivity index (χ1) is 12.3. The molecule has 2 aliphatic heterocycles. The number of hydrogen-bond donors (Lipinski definition) is 0. The first-order valence-electron chi connectivity index (χ1n) is 9.23. The Balaban J connectivity index is 0.00000131. The van der Waals surface area contributed by atoms with E-state index in [1.54, 1.807) is 6.26 Å². The molecule has 2 aromatic rings. The molecule has 1 fully saturated rings. The molecule has 0 aromatic carbocycles. The van der Waals surface area contributed by atoms with Crippen molar-refractivity contribution in [3.05, 3.63) is 53.2 Å². The van der Waals surface area contributed by atoms with E-state index in [-0.39, 0.29) is 24.8 Å². The minimum Gasteiger partial charge on any atom is -0.468 e. The lowest BCUT2D eigenvalue weighted by Crippen LogP contribution is -2.35. The number of halogens is 2. The molecule has 0 radical (unpaired) electrons. The monoisotopic (exact) mass is 413 g/mol. The Hall–Kier alpha value is -1.11. The molecule has 4 rings (SSSR count). The van der Waals surface area contributed by atoms with Gasteiger partial charge in [0, 0.05) is 45.2 Å². The normalized spacial score (nSPS) is 19.4. The third-order valence-corrected chi connectivity index (χ3v) is 5.29. The van der Waals surface area contributed by atoms with E-state index in [2.05, 4.69) is 28.0 Å². The van der Waals surface area contributed by atoms with E-state index in [0.717, 1.165) is 58.1 Å². The van der Waals surface area contributed by atoms with Crippen LogP contribution >= 0.6 is 24.8 Å². The highest BCUT2D eigenvalue weighted by molar-refractivity contribution is 5.85. The smallest absolute Gasteiger partial charge is 0.117 e. The lowest BCUT2D eigenvalue weighted by molar-refractivity contribution is 0.161. The molecule has 0 bridgehead atoms. The zero-order chi connectivity index (χ0) is 17.1. The van der Waals surface area contributed by atoms with Crippen molar-refractivity contribution in [1.82, 2.24) is 14.8 Å². The average molecular weight is 414 g/mol. The summed E-state index contributed by atoms with van der Waals surface area (Å²) in [6.45, 7) is 6.92. The molecular formula is C20H29Cl2N3O2. The van der Waals surface area contributed by atoms with Crippen molar-refractivity contribution < 1.29 is 9.15 Å². The second kappa shape index (κ2) is 10.4. The van der Waals surface area contributed by atoms with Crippen LogP contribution in [0.5, 0.6) is 0 Å². The predicted octanol–water partition coefficient (Wildman–Crippen LogP) is 3.54. The highest BCUT2D eigenvalue weighted by Gasteiger charge is 2.24. The number of aromatic nitrogens is 1. The fourth-order valence-corrected chi connectivity index (χ4v) is 4.03. The molecule has 0 amide bonds. The van der Waals surface area contributed by atoms with Gasteiger partial charge in [-0.15, -0.1) is 24.8 Å². The quantitative estimate of drug-likeness (QED) is 0.723. The van der Waals surface area contributed by atoms with Crippen LogP contribution in [0.25, 0.3) is 0 Å². The Morgan fingerprint density at radius 2 is 2.15 bits per heavy atom. The van der Waals surface area contributed by atoms with E-state index < -0.39 is 0 Å². The first kappa shape index (κ1) is 22.2. The summed E-state index contributed by atoms with van der Waals surface area (Å²) in [5.74, 6) is 1.71. The third-order valence-electron chi connectivity index (χ3n) is 5.29. The summed E-state index contributed by atoms with van der Waals surface area (Å²) in [5.41, 5.74) is 4.25. The molecule has 0 saturated carbocycles. The molecular weight excluding hydrogens is 385 g/mol. The van der Waals surface area contributed by atoms with Crippen LogP contribution in [0.3, 0.4) is 0 Å². The minimum atomic E-state index is 0. The van der Waals surface area contributed by atoms with Gasteiger partial charge < -0.3 is 9.15 Å². The standard InChI is InChI=1S/C20H27N3O2.2ClH/c1-22(14-19-3-2-7-25-19)12-17-9-21-10-18-13-23(6-4-20(17)18)11-16-5-8-24-15-16;;/h2-3,7,9-10,16H,4-6,8,11-15H2,1H3;2*1H. The second-order valence-electron chi connectivity index (χ2n) is 7.40. The highest BCUT2D eigenvalue weighted by atomic mass is 35.5. The number of nitrogens with zero attached hydrogens (tertiary/aromatic N) is 3. The molecule has 2 aromatic heterocycles. The van der Waals surface area contributed by atoms with Crippen molar-refractivity contribution >= 4 is 24.8 Å². The van der Waals surface area contributed by atoms with Crippen molar-refractivity contribution in [2.75, 3.05) is 33.4 Å². The van der Waals surface area contributed by atoms with E-state index in [1.165, 1.54) is 23.1 Å².